The third-order valence-corrected chi connectivity index (χ3v) is 1.58. The first-order valence-corrected chi connectivity index (χ1v) is 4.10. The molecule has 0 saturated heterocycles. The van der Waals surface area contributed by atoms with E-state index in [0.717, 1.165) is 6.92 Å². The molecule has 0 bridgehead atoms. The lowest BCUT2D eigenvalue weighted by molar-refractivity contribution is -0.134. The minimum Gasteiger partial charge on any atom is -0.481 e. The summed E-state index contributed by atoms with van der Waals surface area (Å²) in [5, 5.41) is 16.8. The average molecular weight is 198 g/mol. The number of carboxylic acids is 1. The van der Waals surface area contributed by atoms with Crippen molar-refractivity contribution in [2.24, 2.45) is 0 Å². The molecule has 0 fully saturated rings. The molecule has 0 aromatic heterocycles. The zero-order valence-electron chi connectivity index (χ0n) is 8.44. The predicted octanol–water partition coefficient (Wildman–Crippen LogP) is 0.913. The van der Waals surface area contributed by atoms with Crippen molar-refractivity contribution in [1.29, 1.82) is 0 Å². The minimum absolute atomic E-state index is 0.213. The summed E-state index contributed by atoms with van der Waals surface area (Å²) in [6.07, 6.45) is 4.87. The van der Waals surface area contributed by atoms with Gasteiger partial charge in [0.25, 0.3) is 5.97 Å². The van der Waals surface area contributed by atoms with Crippen LogP contribution in [0.4, 0.5) is 0 Å². The Hall–Kier alpha value is -1.42. The SMILES string of the molecule is CC(=O)O.CC1=CC=CC(C)(O)C1=O. The van der Waals surface area contributed by atoms with E-state index >= 15 is 0 Å². The van der Waals surface area contributed by atoms with Crippen molar-refractivity contribution < 1.29 is 19.8 Å². The Morgan fingerprint density at radius 2 is 1.93 bits per heavy atom. The molecule has 0 aromatic rings. The van der Waals surface area contributed by atoms with E-state index in [1.807, 2.05) is 0 Å². The zero-order valence-corrected chi connectivity index (χ0v) is 8.44. The Morgan fingerprint density at radius 3 is 2.21 bits per heavy atom. The first kappa shape index (κ1) is 12.6. The number of carbonyl (C=O) groups excluding carboxylic acids is 1. The van der Waals surface area contributed by atoms with Crippen molar-refractivity contribution in [3.05, 3.63) is 23.8 Å². The van der Waals surface area contributed by atoms with Gasteiger partial charge in [-0.3, -0.25) is 9.59 Å². The van der Waals surface area contributed by atoms with Crippen LogP contribution in [0.2, 0.25) is 0 Å². The summed E-state index contributed by atoms with van der Waals surface area (Å²) in [5.74, 6) is -1.05. The normalized spacial score (nSPS) is 24.9. The average Bonchev–Trinajstić information content (AvgIpc) is 1.99. The van der Waals surface area contributed by atoms with Gasteiger partial charge in [0.1, 0.15) is 5.60 Å². The summed E-state index contributed by atoms with van der Waals surface area (Å²) >= 11 is 0. The number of hydrogen-bond donors (Lipinski definition) is 2. The second kappa shape index (κ2) is 4.72. The minimum atomic E-state index is -1.28. The van der Waals surface area contributed by atoms with Crippen molar-refractivity contribution in [3.8, 4) is 0 Å². The van der Waals surface area contributed by atoms with Gasteiger partial charge in [0.15, 0.2) is 5.78 Å². The quantitative estimate of drug-likeness (QED) is 0.606. The number of rotatable bonds is 0. The molecule has 1 rings (SSSR count). The number of ketones is 1. The first-order chi connectivity index (χ1) is 6.27. The van der Waals surface area contributed by atoms with E-state index in [1.54, 1.807) is 19.1 Å². The van der Waals surface area contributed by atoms with Crippen molar-refractivity contribution in [1.82, 2.24) is 0 Å². The van der Waals surface area contributed by atoms with Crippen LogP contribution in [0.15, 0.2) is 23.8 Å². The maximum Gasteiger partial charge on any atom is 0.300 e. The van der Waals surface area contributed by atoms with E-state index in [2.05, 4.69) is 0 Å². The monoisotopic (exact) mass is 198 g/mol. The fraction of sp³-hybridized carbons (Fsp3) is 0.400. The van der Waals surface area contributed by atoms with E-state index in [1.165, 1.54) is 13.0 Å². The largest absolute Gasteiger partial charge is 0.481 e. The lowest BCUT2D eigenvalue weighted by atomic mass is 9.91. The maximum absolute atomic E-state index is 11.1. The number of carboxylic acid groups (broad SMARTS) is 1. The Morgan fingerprint density at radius 1 is 1.50 bits per heavy atom. The molecular weight excluding hydrogens is 184 g/mol. The second-order valence-corrected chi connectivity index (χ2v) is 3.20. The first-order valence-electron chi connectivity index (χ1n) is 4.10. The van der Waals surface area contributed by atoms with Gasteiger partial charge in [-0.05, 0) is 25.5 Å². The topological polar surface area (TPSA) is 74.6 Å². The van der Waals surface area contributed by atoms with Crippen LogP contribution in [0.3, 0.4) is 0 Å². The highest BCUT2D eigenvalue weighted by atomic mass is 16.4. The summed E-state index contributed by atoms with van der Waals surface area (Å²) in [4.78, 5) is 20.1. The molecule has 1 aliphatic rings. The van der Waals surface area contributed by atoms with Gasteiger partial charge in [-0.25, -0.2) is 0 Å². The summed E-state index contributed by atoms with van der Waals surface area (Å²) in [7, 11) is 0. The van der Waals surface area contributed by atoms with Crippen LogP contribution in [-0.4, -0.2) is 27.6 Å². The Balaban J connectivity index is 0.000000364. The van der Waals surface area contributed by atoms with Crippen molar-refractivity contribution in [2.75, 3.05) is 0 Å². The van der Waals surface area contributed by atoms with E-state index in [-0.39, 0.29) is 5.78 Å². The molecule has 0 amide bonds. The standard InChI is InChI=1S/C8H10O2.C2H4O2/c1-6-4-3-5-8(2,10)7(6)9;1-2(3)4/h3-5,10H,1-2H3;1H3,(H,3,4). The van der Waals surface area contributed by atoms with Crippen LogP contribution < -0.4 is 0 Å². The smallest absolute Gasteiger partial charge is 0.300 e. The molecule has 0 aliphatic heterocycles. The highest BCUT2D eigenvalue weighted by Crippen LogP contribution is 2.17. The summed E-state index contributed by atoms with van der Waals surface area (Å²) < 4.78 is 0. The fourth-order valence-electron chi connectivity index (χ4n) is 0.930. The van der Waals surface area contributed by atoms with Crippen LogP contribution in [-0.2, 0) is 9.59 Å². The number of carbonyl (C=O) groups is 2. The molecule has 0 heterocycles. The zero-order chi connectivity index (χ0) is 11.4. The molecular formula is C10H14O4. The van der Waals surface area contributed by atoms with Gasteiger partial charge in [-0.15, -0.1) is 0 Å². The highest BCUT2D eigenvalue weighted by Gasteiger charge is 2.29. The van der Waals surface area contributed by atoms with Crippen molar-refractivity contribution in [2.45, 2.75) is 26.4 Å². The van der Waals surface area contributed by atoms with Crippen LogP contribution in [0.5, 0.6) is 0 Å². The molecule has 2 N–H and O–H groups in total. The Bertz CT molecular complexity index is 293. The van der Waals surface area contributed by atoms with Gasteiger partial charge >= 0.3 is 0 Å². The summed E-state index contributed by atoms with van der Waals surface area (Å²) in [5.41, 5.74) is -0.675. The number of aliphatic carboxylic acids is 1. The lowest BCUT2D eigenvalue weighted by Gasteiger charge is -2.19. The van der Waals surface area contributed by atoms with E-state index in [0.29, 0.717) is 5.57 Å². The number of hydrogen-bond acceptors (Lipinski definition) is 3. The van der Waals surface area contributed by atoms with Gasteiger partial charge in [-0.1, -0.05) is 12.2 Å². The van der Waals surface area contributed by atoms with Gasteiger partial charge in [-0.2, -0.15) is 0 Å². The third-order valence-electron chi connectivity index (χ3n) is 1.58. The van der Waals surface area contributed by atoms with Gasteiger partial charge < -0.3 is 10.2 Å². The van der Waals surface area contributed by atoms with Crippen LogP contribution >= 0.6 is 0 Å². The summed E-state index contributed by atoms with van der Waals surface area (Å²) in [6, 6.07) is 0. The Labute approximate surface area is 82.6 Å². The van der Waals surface area contributed by atoms with Gasteiger partial charge in [0.2, 0.25) is 0 Å². The molecule has 0 radical (unpaired) electrons. The van der Waals surface area contributed by atoms with Crippen molar-refractivity contribution >= 4 is 11.8 Å². The Kier molecular flexibility index (Phi) is 4.24. The molecule has 1 aliphatic carbocycles. The molecule has 1 atom stereocenters. The van der Waals surface area contributed by atoms with E-state index in [9.17, 15) is 9.90 Å². The van der Waals surface area contributed by atoms with Gasteiger partial charge in [0, 0.05) is 6.92 Å². The number of Topliss-reactive ketones (excluding diaryl/α,β-unsaturated/α-hetero) is 1. The van der Waals surface area contributed by atoms with Crippen LogP contribution in [0, 0.1) is 0 Å². The lowest BCUT2D eigenvalue weighted by Crippen LogP contribution is -2.34. The molecule has 78 valence electrons. The number of allylic oxidation sites excluding steroid dienone is 2. The molecule has 0 spiro atoms. The second-order valence-electron chi connectivity index (χ2n) is 3.20. The summed E-state index contributed by atoms with van der Waals surface area (Å²) in [6.45, 7) is 4.27. The molecule has 0 saturated carbocycles. The molecule has 4 heteroatoms. The number of aliphatic hydroxyl groups is 1. The fourth-order valence-corrected chi connectivity index (χ4v) is 0.930. The molecule has 14 heavy (non-hydrogen) atoms. The molecule has 1 unspecified atom stereocenters. The molecule has 4 nitrogen and oxygen atoms in total. The van der Waals surface area contributed by atoms with E-state index in [4.69, 9.17) is 9.90 Å². The van der Waals surface area contributed by atoms with E-state index < -0.39 is 11.6 Å². The van der Waals surface area contributed by atoms with Crippen LogP contribution in [0.1, 0.15) is 20.8 Å². The molecule has 0 aromatic carbocycles. The van der Waals surface area contributed by atoms with Gasteiger partial charge in [0.05, 0.1) is 0 Å². The predicted molar refractivity (Wildman–Crippen MR) is 51.8 cm³/mol. The van der Waals surface area contributed by atoms with Crippen molar-refractivity contribution in [3.63, 3.8) is 0 Å². The highest BCUT2D eigenvalue weighted by molar-refractivity contribution is 6.03. The van der Waals surface area contributed by atoms with Crippen LogP contribution in [0.25, 0.3) is 0 Å². The third kappa shape index (κ3) is 4.00. The maximum atomic E-state index is 11.1.